The van der Waals surface area contributed by atoms with Crippen LogP contribution in [0.5, 0.6) is 0 Å². The van der Waals surface area contributed by atoms with Crippen molar-refractivity contribution < 1.29 is 9.59 Å². The molecule has 1 amide bonds. The molecule has 0 spiro atoms. The summed E-state index contributed by atoms with van der Waals surface area (Å²) in [6.45, 7) is 0. The first-order valence-corrected chi connectivity index (χ1v) is 9.47. The highest BCUT2D eigenvalue weighted by atomic mass is 16.2. The Labute approximate surface area is 169 Å². The molecule has 1 aliphatic carbocycles. The standard InChI is InChI=1S/C22H23N5O2/c1-26(2)22(29)15-12-17-19(18(28)13-15)21(27(23)16-6-4-3-5-7-16)20(25-17)14-8-10-24-11-9-14/h3-11,15,25H,12-13,23H2,1-2H3. The molecule has 3 N–H and O–H groups in total. The predicted octanol–water partition coefficient (Wildman–Crippen LogP) is 2.92. The SMILES string of the molecule is CN(C)C(=O)C1CC(=O)c2c([nH]c(-c3ccncc3)c2N(N)c2ccccc2)C1. The molecule has 1 aromatic carbocycles. The van der Waals surface area contributed by atoms with Gasteiger partial charge in [-0.25, -0.2) is 5.84 Å². The minimum atomic E-state index is -0.371. The van der Waals surface area contributed by atoms with Crippen LogP contribution in [0.1, 0.15) is 22.5 Å². The van der Waals surface area contributed by atoms with Gasteiger partial charge in [0.15, 0.2) is 5.78 Å². The number of fused-ring (bicyclic) bond motifs is 1. The summed E-state index contributed by atoms with van der Waals surface area (Å²) in [5.41, 5.74) is 4.32. The Balaban J connectivity index is 1.86. The smallest absolute Gasteiger partial charge is 0.226 e. The molecular weight excluding hydrogens is 366 g/mol. The van der Waals surface area contributed by atoms with E-state index in [4.69, 9.17) is 5.84 Å². The van der Waals surface area contributed by atoms with Gasteiger partial charge < -0.3 is 9.88 Å². The van der Waals surface area contributed by atoms with E-state index in [-0.39, 0.29) is 24.0 Å². The van der Waals surface area contributed by atoms with Crippen molar-refractivity contribution in [2.75, 3.05) is 19.1 Å². The maximum atomic E-state index is 13.1. The molecule has 2 aromatic heterocycles. The number of hydrogen-bond donors (Lipinski definition) is 2. The molecule has 1 atom stereocenters. The fourth-order valence-electron chi connectivity index (χ4n) is 3.86. The fourth-order valence-corrected chi connectivity index (χ4v) is 3.86. The van der Waals surface area contributed by atoms with Crippen molar-refractivity contribution >= 4 is 23.1 Å². The number of benzene rings is 1. The zero-order valence-electron chi connectivity index (χ0n) is 16.4. The summed E-state index contributed by atoms with van der Waals surface area (Å²) in [6, 6.07) is 13.2. The number of hydrazine groups is 1. The first-order chi connectivity index (χ1) is 14.0. The van der Waals surface area contributed by atoms with Crippen LogP contribution >= 0.6 is 0 Å². The molecule has 1 aliphatic rings. The zero-order valence-corrected chi connectivity index (χ0v) is 16.4. The Morgan fingerprint density at radius 3 is 2.45 bits per heavy atom. The van der Waals surface area contributed by atoms with Crippen molar-refractivity contribution in [2.24, 2.45) is 11.8 Å². The third-order valence-electron chi connectivity index (χ3n) is 5.25. The van der Waals surface area contributed by atoms with Crippen LogP contribution in [0.4, 0.5) is 11.4 Å². The molecule has 3 aromatic rings. The van der Waals surface area contributed by atoms with Crippen LogP contribution < -0.4 is 10.9 Å². The van der Waals surface area contributed by atoms with Gasteiger partial charge >= 0.3 is 0 Å². The van der Waals surface area contributed by atoms with Crippen LogP contribution in [0.15, 0.2) is 54.9 Å². The third-order valence-corrected chi connectivity index (χ3v) is 5.25. The van der Waals surface area contributed by atoms with Crippen LogP contribution in [-0.4, -0.2) is 40.7 Å². The Kier molecular flexibility index (Phi) is 4.90. The lowest BCUT2D eigenvalue weighted by Gasteiger charge is -2.26. The van der Waals surface area contributed by atoms with Crippen molar-refractivity contribution in [3.63, 3.8) is 0 Å². The number of carbonyl (C=O) groups is 2. The number of Topliss-reactive ketones (excluding diaryl/α,β-unsaturated/α-hetero) is 1. The summed E-state index contributed by atoms with van der Waals surface area (Å²) in [7, 11) is 3.42. The van der Waals surface area contributed by atoms with Gasteiger partial charge in [0, 0.05) is 50.6 Å². The molecule has 0 radical (unpaired) electrons. The van der Waals surface area contributed by atoms with E-state index in [1.807, 2.05) is 42.5 Å². The number of nitrogens with two attached hydrogens (primary N) is 1. The van der Waals surface area contributed by atoms with Gasteiger partial charge in [-0.3, -0.25) is 19.6 Å². The van der Waals surface area contributed by atoms with Crippen molar-refractivity contribution in [3.05, 3.63) is 66.1 Å². The molecule has 7 nitrogen and oxygen atoms in total. The van der Waals surface area contributed by atoms with Crippen molar-refractivity contribution in [1.82, 2.24) is 14.9 Å². The minimum absolute atomic E-state index is 0.0433. The number of para-hydroxylation sites is 1. The molecule has 148 valence electrons. The number of nitrogens with one attached hydrogen (secondary N) is 1. The summed E-state index contributed by atoms with van der Waals surface area (Å²) in [5, 5.41) is 1.54. The highest BCUT2D eigenvalue weighted by Crippen LogP contribution is 2.41. The van der Waals surface area contributed by atoms with E-state index in [1.54, 1.807) is 26.5 Å². The second kappa shape index (κ2) is 7.52. The molecule has 0 saturated heterocycles. The summed E-state index contributed by atoms with van der Waals surface area (Å²) in [4.78, 5) is 34.6. The second-order valence-electron chi connectivity index (χ2n) is 7.40. The van der Waals surface area contributed by atoms with E-state index < -0.39 is 0 Å². The van der Waals surface area contributed by atoms with E-state index in [1.165, 1.54) is 9.91 Å². The summed E-state index contributed by atoms with van der Waals surface area (Å²) >= 11 is 0. The number of nitrogens with zero attached hydrogens (tertiary/aromatic N) is 3. The maximum absolute atomic E-state index is 13.1. The second-order valence-corrected chi connectivity index (χ2v) is 7.40. The molecule has 0 aliphatic heterocycles. The van der Waals surface area contributed by atoms with Crippen molar-refractivity contribution in [2.45, 2.75) is 12.8 Å². The van der Waals surface area contributed by atoms with Crippen molar-refractivity contribution in [3.8, 4) is 11.3 Å². The van der Waals surface area contributed by atoms with Crippen LogP contribution in [-0.2, 0) is 11.2 Å². The normalized spacial score (nSPS) is 15.7. The Morgan fingerprint density at radius 2 is 1.79 bits per heavy atom. The van der Waals surface area contributed by atoms with E-state index in [0.717, 1.165) is 22.6 Å². The highest BCUT2D eigenvalue weighted by Gasteiger charge is 2.36. The van der Waals surface area contributed by atoms with Gasteiger partial charge in [0.25, 0.3) is 0 Å². The van der Waals surface area contributed by atoms with Gasteiger partial charge in [-0.15, -0.1) is 0 Å². The molecule has 4 rings (SSSR count). The lowest BCUT2D eigenvalue weighted by molar-refractivity contribution is -0.133. The number of anilines is 2. The minimum Gasteiger partial charge on any atom is -0.356 e. The van der Waals surface area contributed by atoms with Crippen LogP contribution in [0.3, 0.4) is 0 Å². The summed E-state index contributed by atoms with van der Waals surface area (Å²) < 4.78 is 0. The quantitative estimate of drug-likeness (QED) is 0.528. The molecule has 0 fully saturated rings. The zero-order chi connectivity index (χ0) is 20.5. The number of hydrogen-bond acceptors (Lipinski definition) is 5. The molecule has 0 saturated carbocycles. The van der Waals surface area contributed by atoms with E-state index in [9.17, 15) is 9.59 Å². The molecule has 7 heteroatoms. The average molecular weight is 389 g/mol. The molecule has 0 bridgehead atoms. The molecule has 2 heterocycles. The first-order valence-electron chi connectivity index (χ1n) is 9.47. The van der Waals surface area contributed by atoms with Crippen LogP contribution in [0.2, 0.25) is 0 Å². The number of carbonyl (C=O) groups excluding carboxylic acids is 2. The number of aromatic amines is 1. The molecule has 1 unspecified atom stereocenters. The molecule has 29 heavy (non-hydrogen) atoms. The Bertz CT molecular complexity index is 1040. The monoisotopic (exact) mass is 389 g/mol. The average Bonchev–Trinajstić information content (AvgIpc) is 3.14. The largest absolute Gasteiger partial charge is 0.356 e. The van der Waals surface area contributed by atoms with Gasteiger partial charge in [-0.1, -0.05) is 18.2 Å². The first kappa shape index (κ1) is 18.9. The lowest BCUT2D eigenvalue weighted by Crippen LogP contribution is -2.35. The van der Waals surface area contributed by atoms with Gasteiger partial charge in [-0.05, 0) is 24.3 Å². The maximum Gasteiger partial charge on any atom is 0.226 e. The number of H-pyrrole nitrogens is 1. The topological polar surface area (TPSA) is 95.3 Å². The van der Waals surface area contributed by atoms with E-state index in [2.05, 4.69) is 9.97 Å². The summed E-state index contributed by atoms with van der Waals surface area (Å²) in [6.07, 6.45) is 4.04. The third kappa shape index (κ3) is 3.40. The lowest BCUT2D eigenvalue weighted by atomic mass is 9.85. The number of amides is 1. The Hall–Kier alpha value is -3.45. The number of pyridine rings is 1. The van der Waals surface area contributed by atoms with Gasteiger partial charge in [0.05, 0.1) is 28.6 Å². The highest BCUT2D eigenvalue weighted by molar-refractivity contribution is 6.09. The fraction of sp³-hybridized carbons (Fsp3) is 0.227. The number of ketones is 1. The van der Waals surface area contributed by atoms with E-state index in [0.29, 0.717) is 17.7 Å². The van der Waals surface area contributed by atoms with Gasteiger partial charge in [0.1, 0.15) is 0 Å². The van der Waals surface area contributed by atoms with Crippen LogP contribution in [0, 0.1) is 5.92 Å². The van der Waals surface area contributed by atoms with Crippen LogP contribution in [0.25, 0.3) is 11.3 Å². The number of aromatic nitrogens is 2. The number of rotatable bonds is 4. The van der Waals surface area contributed by atoms with E-state index >= 15 is 0 Å². The Morgan fingerprint density at radius 1 is 1.10 bits per heavy atom. The predicted molar refractivity (Wildman–Crippen MR) is 112 cm³/mol. The van der Waals surface area contributed by atoms with Gasteiger partial charge in [-0.2, -0.15) is 0 Å². The van der Waals surface area contributed by atoms with Gasteiger partial charge in [0.2, 0.25) is 5.91 Å². The van der Waals surface area contributed by atoms with Crippen molar-refractivity contribution in [1.29, 1.82) is 0 Å². The molecular formula is C22H23N5O2. The summed E-state index contributed by atoms with van der Waals surface area (Å²) in [5.74, 6) is 6.01.